The maximum atomic E-state index is 12.0. The summed E-state index contributed by atoms with van der Waals surface area (Å²) in [5.74, 6) is 0.394. The summed E-state index contributed by atoms with van der Waals surface area (Å²) in [6.45, 7) is 7.76. The number of nitrogens with zero attached hydrogens (tertiary/aromatic N) is 1. The number of carbonyl (C=O) groups is 1. The lowest BCUT2D eigenvalue weighted by Gasteiger charge is -2.14. The summed E-state index contributed by atoms with van der Waals surface area (Å²) in [7, 11) is 0. The van der Waals surface area contributed by atoms with Crippen molar-refractivity contribution < 1.29 is 9.53 Å². The van der Waals surface area contributed by atoms with E-state index in [4.69, 9.17) is 4.74 Å². The molecule has 0 aromatic heterocycles. The Morgan fingerprint density at radius 3 is 2.61 bits per heavy atom. The van der Waals surface area contributed by atoms with Crippen LogP contribution in [0.3, 0.4) is 0 Å². The Morgan fingerprint density at radius 1 is 1.13 bits per heavy atom. The molecule has 2 rings (SSSR count). The second kappa shape index (κ2) is 7.58. The first-order chi connectivity index (χ1) is 11.0. The van der Waals surface area contributed by atoms with E-state index >= 15 is 0 Å². The monoisotopic (exact) mass is 310 g/mol. The topological polar surface area (TPSA) is 50.7 Å². The Bertz CT molecular complexity index is 723. The molecule has 0 heterocycles. The van der Waals surface area contributed by atoms with Crippen LogP contribution in [0.5, 0.6) is 5.75 Å². The fraction of sp³-hybridized carbons (Fsp3) is 0.263. The molecular weight excluding hydrogens is 288 g/mol. The standard InChI is InChI=1S/C19H22N2O2/c1-13-6-5-7-17(10-13)12-20-21-19(22)16(4)23-18-9-8-14(2)15(3)11-18/h5-12,16H,1-4H3,(H,21,22)/b20-12+. The molecule has 120 valence electrons. The average molecular weight is 310 g/mol. The van der Waals surface area contributed by atoms with Crippen molar-refractivity contribution in [2.24, 2.45) is 5.10 Å². The highest BCUT2D eigenvalue weighted by atomic mass is 16.5. The molecule has 0 aliphatic carbocycles. The molecule has 0 aliphatic rings. The van der Waals surface area contributed by atoms with Crippen molar-refractivity contribution in [1.29, 1.82) is 0 Å². The molecule has 1 amide bonds. The number of nitrogens with one attached hydrogen (secondary N) is 1. The van der Waals surface area contributed by atoms with E-state index < -0.39 is 6.10 Å². The van der Waals surface area contributed by atoms with Crippen LogP contribution in [0, 0.1) is 20.8 Å². The number of amides is 1. The highest BCUT2D eigenvalue weighted by Gasteiger charge is 2.14. The minimum Gasteiger partial charge on any atom is -0.481 e. The SMILES string of the molecule is Cc1cccc(/C=N/NC(=O)C(C)Oc2ccc(C)c(C)c2)c1. The summed E-state index contributed by atoms with van der Waals surface area (Å²) < 4.78 is 5.65. The molecule has 2 aromatic carbocycles. The van der Waals surface area contributed by atoms with Gasteiger partial charge in [-0.05, 0) is 56.5 Å². The predicted molar refractivity (Wildman–Crippen MR) is 92.9 cm³/mol. The predicted octanol–water partition coefficient (Wildman–Crippen LogP) is 3.53. The molecule has 0 saturated heterocycles. The first-order valence-electron chi connectivity index (χ1n) is 7.59. The maximum Gasteiger partial charge on any atom is 0.280 e. The van der Waals surface area contributed by atoms with Crippen molar-refractivity contribution >= 4 is 12.1 Å². The third-order valence-electron chi connectivity index (χ3n) is 3.59. The van der Waals surface area contributed by atoms with Crippen LogP contribution in [0.4, 0.5) is 0 Å². The van der Waals surface area contributed by atoms with E-state index in [-0.39, 0.29) is 5.91 Å². The van der Waals surface area contributed by atoms with Crippen molar-refractivity contribution in [3.05, 3.63) is 64.7 Å². The van der Waals surface area contributed by atoms with E-state index in [0.717, 1.165) is 16.7 Å². The van der Waals surface area contributed by atoms with Gasteiger partial charge in [-0.15, -0.1) is 0 Å². The van der Waals surface area contributed by atoms with E-state index in [1.165, 1.54) is 5.56 Å². The van der Waals surface area contributed by atoms with Gasteiger partial charge in [-0.2, -0.15) is 5.10 Å². The molecule has 0 radical (unpaired) electrons. The lowest BCUT2D eigenvalue weighted by molar-refractivity contribution is -0.127. The summed E-state index contributed by atoms with van der Waals surface area (Å²) in [4.78, 5) is 12.0. The first-order valence-corrected chi connectivity index (χ1v) is 7.59. The molecule has 0 aliphatic heterocycles. The third-order valence-corrected chi connectivity index (χ3v) is 3.59. The molecule has 4 nitrogen and oxygen atoms in total. The number of benzene rings is 2. The van der Waals surface area contributed by atoms with Crippen LogP contribution < -0.4 is 10.2 Å². The molecule has 0 bridgehead atoms. The molecule has 0 spiro atoms. The Balaban J connectivity index is 1.90. The number of hydrazone groups is 1. The van der Waals surface area contributed by atoms with Crippen LogP contribution >= 0.6 is 0 Å². The fourth-order valence-corrected chi connectivity index (χ4v) is 2.06. The normalized spacial score (nSPS) is 12.2. The summed E-state index contributed by atoms with van der Waals surface area (Å²) in [6.07, 6.45) is 1.000. The molecule has 23 heavy (non-hydrogen) atoms. The first kappa shape index (κ1) is 16.7. The smallest absolute Gasteiger partial charge is 0.280 e. The van der Waals surface area contributed by atoms with Crippen molar-refractivity contribution in [1.82, 2.24) is 5.43 Å². The molecule has 1 unspecified atom stereocenters. The molecule has 0 saturated carbocycles. The van der Waals surface area contributed by atoms with Gasteiger partial charge in [0, 0.05) is 0 Å². The Labute approximate surface area is 137 Å². The number of rotatable bonds is 5. The van der Waals surface area contributed by atoms with E-state index in [9.17, 15) is 4.79 Å². The van der Waals surface area contributed by atoms with Crippen LogP contribution in [0.15, 0.2) is 47.6 Å². The van der Waals surface area contributed by atoms with E-state index in [2.05, 4.69) is 10.5 Å². The Kier molecular flexibility index (Phi) is 5.52. The van der Waals surface area contributed by atoms with Gasteiger partial charge < -0.3 is 4.74 Å². The number of aryl methyl sites for hydroxylation is 3. The minimum absolute atomic E-state index is 0.285. The number of ether oxygens (including phenoxy) is 1. The van der Waals surface area contributed by atoms with Crippen molar-refractivity contribution in [3.63, 3.8) is 0 Å². The fourth-order valence-electron chi connectivity index (χ4n) is 2.06. The number of hydrogen-bond donors (Lipinski definition) is 1. The zero-order valence-electron chi connectivity index (χ0n) is 14.0. The summed E-state index contributed by atoms with van der Waals surface area (Å²) >= 11 is 0. The van der Waals surface area contributed by atoms with Gasteiger partial charge in [-0.25, -0.2) is 5.43 Å². The van der Waals surface area contributed by atoms with Crippen LogP contribution in [0.1, 0.15) is 29.2 Å². The second-order valence-electron chi connectivity index (χ2n) is 5.65. The zero-order chi connectivity index (χ0) is 16.8. The van der Waals surface area contributed by atoms with Crippen molar-refractivity contribution in [2.75, 3.05) is 0 Å². The average Bonchev–Trinajstić information content (AvgIpc) is 2.51. The largest absolute Gasteiger partial charge is 0.481 e. The van der Waals surface area contributed by atoms with E-state index in [0.29, 0.717) is 5.75 Å². The number of carbonyl (C=O) groups excluding carboxylic acids is 1. The Hall–Kier alpha value is -2.62. The van der Waals surface area contributed by atoms with E-state index in [1.807, 2.05) is 63.2 Å². The number of hydrogen-bond acceptors (Lipinski definition) is 3. The molecule has 1 atom stereocenters. The lowest BCUT2D eigenvalue weighted by Crippen LogP contribution is -2.33. The van der Waals surface area contributed by atoms with Crippen LogP contribution in [-0.4, -0.2) is 18.2 Å². The van der Waals surface area contributed by atoms with Gasteiger partial charge in [0.15, 0.2) is 6.10 Å². The highest BCUT2D eigenvalue weighted by Crippen LogP contribution is 2.17. The van der Waals surface area contributed by atoms with Gasteiger partial charge in [-0.3, -0.25) is 4.79 Å². The summed E-state index contributed by atoms with van der Waals surface area (Å²) in [5, 5.41) is 3.97. The molecule has 1 N–H and O–H groups in total. The van der Waals surface area contributed by atoms with Crippen molar-refractivity contribution in [2.45, 2.75) is 33.8 Å². The third kappa shape index (κ3) is 4.95. The minimum atomic E-state index is -0.619. The van der Waals surface area contributed by atoms with Crippen LogP contribution in [0.2, 0.25) is 0 Å². The zero-order valence-corrected chi connectivity index (χ0v) is 14.0. The lowest BCUT2D eigenvalue weighted by atomic mass is 10.1. The van der Waals surface area contributed by atoms with Gasteiger partial charge in [0.1, 0.15) is 5.75 Å². The van der Waals surface area contributed by atoms with Crippen molar-refractivity contribution in [3.8, 4) is 5.75 Å². The summed E-state index contributed by atoms with van der Waals surface area (Å²) in [6, 6.07) is 13.6. The van der Waals surface area contributed by atoms with Crippen LogP contribution in [0.25, 0.3) is 0 Å². The maximum absolute atomic E-state index is 12.0. The molecule has 2 aromatic rings. The quantitative estimate of drug-likeness (QED) is 0.678. The van der Waals surface area contributed by atoms with Crippen LogP contribution in [-0.2, 0) is 4.79 Å². The molecule has 4 heteroatoms. The molecular formula is C19H22N2O2. The van der Waals surface area contributed by atoms with Gasteiger partial charge in [0.2, 0.25) is 0 Å². The van der Waals surface area contributed by atoms with Gasteiger partial charge >= 0.3 is 0 Å². The van der Waals surface area contributed by atoms with Gasteiger partial charge in [0.05, 0.1) is 6.21 Å². The molecule has 0 fully saturated rings. The second-order valence-corrected chi connectivity index (χ2v) is 5.65. The van der Waals surface area contributed by atoms with E-state index in [1.54, 1.807) is 13.1 Å². The summed E-state index contributed by atoms with van der Waals surface area (Å²) in [5.41, 5.74) is 6.91. The Morgan fingerprint density at radius 2 is 1.91 bits per heavy atom. The van der Waals surface area contributed by atoms with Gasteiger partial charge in [0.25, 0.3) is 5.91 Å². The highest BCUT2D eigenvalue weighted by molar-refractivity contribution is 5.84. The van der Waals surface area contributed by atoms with Gasteiger partial charge in [-0.1, -0.05) is 35.9 Å².